The first kappa shape index (κ1) is 20.5. The van der Waals surface area contributed by atoms with Crippen LogP contribution in [0.2, 0.25) is 0 Å². The molecule has 2 aromatic carbocycles. The third kappa shape index (κ3) is 5.07. The second-order valence-corrected chi connectivity index (χ2v) is 9.94. The number of hydrogen-bond donors (Lipinski definition) is 0. The molecule has 1 atom stereocenters. The molecular formula is C23H30N2O3S. The molecular weight excluding hydrogens is 384 g/mol. The maximum absolute atomic E-state index is 12.9. The summed E-state index contributed by atoms with van der Waals surface area (Å²) in [4.78, 5) is 2.40. The van der Waals surface area contributed by atoms with Crippen LogP contribution in [0, 0.1) is 0 Å². The van der Waals surface area contributed by atoms with Crippen LogP contribution in [0.25, 0.3) is 0 Å². The Kier molecular flexibility index (Phi) is 6.65. The highest BCUT2D eigenvalue weighted by molar-refractivity contribution is 7.89. The van der Waals surface area contributed by atoms with E-state index in [1.807, 2.05) is 12.1 Å². The van der Waals surface area contributed by atoms with E-state index in [1.165, 1.54) is 11.1 Å². The van der Waals surface area contributed by atoms with E-state index in [4.69, 9.17) is 4.74 Å². The molecule has 0 radical (unpaired) electrons. The molecule has 29 heavy (non-hydrogen) atoms. The molecule has 0 saturated carbocycles. The lowest BCUT2D eigenvalue weighted by Crippen LogP contribution is -2.51. The van der Waals surface area contributed by atoms with E-state index in [0.717, 1.165) is 32.4 Å². The minimum Gasteiger partial charge on any atom is -0.377 e. The second-order valence-electron chi connectivity index (χ2n) is 7.93. The van der Waals surface area contributed by atoms with Gasteiger partial charge in [-0.25, -0.2) is 8.42 Å². The predicted octanol–water partition coefficient (Wildman–Crippen LogP) is 3.29. The second kappa shape index (κ2) is 9.39. The number of nitrogens with zero attached hydrogens (tertiary/aromatic N) is 2. The van der Waals surface area contributed by atoms with Gasteiger partial charge < -0.3 is 4.74 Å². The van der Waals surface area contributed by atoms with Crippen molar-refractivity contribution in [3.8, 4) is 0 Å². The molecule has 0 N–H and O–H groups in total. The van der Waals surface area contributed by atoms with E-state index in [1.54, 1.807) is 4.31 Å². The van der Waals surface area contributed by atoms with Crippen LogP contribution < -0.4 is 0 Å². The molecule has 2 aliphatic rings. The van der Waals surface area contributed by atoms with Gasteiger partial charge in [0, 0.05) is 32.8 Å². The fourth-order valence-corrected chi connectivity index (χ4v) is 6.07. The highest BCUT2D eigenvalue weighted by Gasteiger charge is 2.33. The summed E-state index contributed by atoms with van der Waals surface area (Å²) in [6.07, 6.45) is 2.80. The monoisotopic (exact) mass is 414 g/mol. The Morgan fingerprint density at radius 1 is 0.862 bits per heavy atom. The van der Waals surface area contributed by atoms with E-state index in [0.29, 0.717) is 19.7 Å². The molecule has 0 spiro atoms. The zero-order valence-corrected chi connectivity index (χ0v) is 17.6. The number of piperazine rings is 1. The van der Waals surface area contributed by atoms with E-state index in [2.05, 4.69) is 53.4 Å². The van der Waals surface area contributed by atoms with Crippen LogP contribution in [-0.4, -0.2) is 62.3 Å². The molecule has 5 nitrogen and oxygen atoms in total. The Morgan fingerprint density at radius 3 is 1.97 bits per heavy atom. The molecule has 0 amide bonds. The number of rotatable bonds is 6. The molecule has 156 valence electrons. The third-order valence-electron chi connectivity index (χ3n) is 5.93. The average molecular weight is 415 g/mol. The molecule has 2 aliphatic heterocycles. The lowest BCUT2D eigenvalue weighted by atomic mass is 9.96. The van der Waals surface area contributed by atoms with Gasteiger partial charge in [0.2, 0.25) is 10.0 Å². The molecule has 0 aromatic heterocycles. The van der Waals surface area contributed by atoms with Crippen molar-refractivity contribution in [2.24, 2.45) is 0 Å². The molecule has 2 heterocycles. The fraction of sp³-hybridized carbons (Fsp3) is 0.478. The summed E-state index contributed by atoms with van der Waals surface area (Å²) in [5.74, 6) is 0.119. The lowest BCUT2D eigenvalue weighted by Gasteiger charge is -2.39. The van der Waals surface area contributed by atoms with Gasteiger partial charge in [-0.1, -0.05) is 60.7 Å². The van der Waals surface area contributed by atoms with E-state index in [-0.39, 0.29) is 17.9 Å². The summed E-state index contributed by atoms with van der Waals surface area (Å²) in [5, 5.41) is 0. The van der Waals surface area contributed by atoms with Crippen LogP contribution in [-0.2, 0) is 14.8 Å². The Hall–Kier alpha value is -1.73. The van der Waals surface area contributed by atoms with E-state index < -0.39 is 10.0 Å². The van der Waals surface area contributed by atoms with Crippen molar-refractivity contribution in [3.63, 3.8) is 0 Å². The van der Waals surface area contributed by atoms with Gasteiger partial charge in [-0.3, -0.25) is 4.90 Å². The van der Waals surface area contributed by atoms with Crippen molar-refractivity contribution in [1.82, 2.24) is 9.21 Å². The first-order valence-electron chi connectivity index (χ1n) is 10.6. The van der Waals surface area contributed by atoms with Gasteiger partial charge in [0.25, 0.3) is 0 Å². The normalized spacial score (nSPS) is 22.0. The van der Waals surface area contributed by atoms with Crippen LogP contribution >= 0.6 is 0 Å². The van der Waals surface area contributed by atoms with Crippen LogP contribution in [0.15, 0.2) is 60.7 Å². The molecule has 1 unspecified atom stereocenters. The molecule has 2 fully saturated rings. The standard InChI is InChI=1S/C23H30N2O3S/c26-29(27,19-22-13-7-8-18-28-22)25-16-14-24(15-17-25)23(20-9-3-1-4-10-20)21-11-5-2-6-12-21/h1-6,9-12,22-23H,7-8,13-19H2. The molecule has 6 heteroatoms. The van der Waals surface area contributed by atoms with Crippen molar-refractivity contribution < 1.29 is 13.2 Å². The smallest absolute Gasteiger partial charge is 0.216 e. The molecule has 0 bridgehead atoms. The summed E-state index contributed by atoms with van der Waals surface area (Å²) in [6.45, 7) is 3.19. The van der Waals surface area contributed by atoms with Crippen LogP contribution in [0.4, 0.5) is 0 Å². The quantitative estimate of drug-likeness (QED) is 0.728. The van der Waals surface area contributed by atoms with Crippen molar-refractivity contribution in [3.05, 3.63) is 71.8 Å². The largest absolute Gasteiger partial charge is 0.377 e. The summed E-state index contributed by atoms with van der Waals surface area (Å²) in [5.41, 5.74) is 2.48. The molecule has 2 aromatic rings. The van der Waals surface area contributed by atoms with Crippen molar-refractivity contribution in [2.45, 2.75) is 31.4 Å². The zero-order valence-electron chi connectivity index (χ0n) is 16.8. The van der Waals surface area contributed by atoms with Gasteiger partial charge >= 0.3 is 0 Å². The SMILES string of the molecule is O=S(=O)(CC1CCCCO1)N1CCN(C(c2ccccc2)c2ccccc2)CC1. The summed E-state index contributed by atoms with van der Waals surface area (Å²) in [6, 6.07) is 21.1. The van der Waals surface area contributed by atoms with Gasteiger partial charge in [0.15, 0.2) is 0 Å². The summed E-state index contributed by atoms with van der Waals surface area (Å²) >= 11 is 0. The number of benzene rings is 2. The Labute approximate surface area is 174 Å². The summed E-state index contributed by atoms with van der Waals surface area (Å²) < 4.78 is 33.1. The van der Waals surface area contributed by atoms with E-state index >= 15 is 0 Å². The van der Waals surface area contributed by atoms with Crippen molar-refractivity contribution >= 4 is 10.0 Å². The first-order chi connectivity index (χ1) is 14.1. The summed E-state index contributed by atoms with van der Waals surface area (Å²) in [7, 11) is -3.28. The first-order valence-corrected chi connectivity index (χ1v) is 12.2. The maximum atomic E-state index is 12.9. The third-order valence-corrected chi connectivity index (χ3v) is 7.88. The highest BCUT2D eigenvalue weighted by Crippen LogP contribution is 2.30. The number of ether oxygens (including phenoxy) is 1. The lowest BCUT2D eigenvalue weighted by molar-refractivity contribution is 0.0295. The zero-order chi connectivity index (χ0) is 20.1. The predicted molar refractivity (Wildman–Crippen MR) is 115 cm³/mol. The Balaban J connectivity index is 1.45. The van der Waals surface area contributed by atoms with Crippen molar-refractivity contribution in [1.29, 1.82) is 0 Å². The minimum atomic E-state index is -3.28. The van der Waals surface area contributed by atoms with E-state index in [9.17, 15) is 8.42 Å². The van der Waals surface area contributed by atoms with Crippen LogP contribution in [0.3, 0.4) is 0 Å². The molecule has 4 rings (SSSR count). The van der Waals surface area contributed by atoms with Gasteiger partial charge in [-0.2, -0.15) is 4.31 Å². The maximum Gasteiger partial charge on any atom is 0.216 e. The average Bonchev–Trinajstić information content (AvgIpc) is 2.76. The molecule has 0 aliphatic carbocycles. The van der Waals surface area contributed by atoms with Gasteiger partial charge in [-0.05, 0) is 30.4 Å². The van der Waals surface area contributed by atoms with Gasteiger partial charge in [-0.15, -0.1) is 0 Å². The van der Waals surface area contributed by atoms with Crippen LogP contribution in [0.5, 0.6) is 0 Å². The Morgan fingerprint density at radius 2 is 1.45 bits per heavy atom. The fourth-order valence-electron chi connectivity index (χ4n) is 4.40. The minimum absolute atomic E-state index is 0.119. The highest BCUT2D eigenvalue weighted by atomic mass is 32.2. The topological polar surface area (TPSA) is 49.9 Å². The number of hydrogen-bond acceptors (Lipinski definition) is 4. The van der Waals surface area contributed by atoms with Gasteiger partial charge in [0.1, 0.15) is 0 Å². The van der Waals surface area contributed by atoms with Crippen LogP contribution in [0.1, 0.15) is 36.4 Å². The van der Waals surface area contributed by atoms with Gasteiger partial charge in [0.05, 0.1) is 17.9 Å². The van der Waals surface area contributed by atoms with Crippen molar-refractivity contribution in [2.75, 3.05) is 38.5 Å². The Bertz CT molecular complexity index is 820. The molecule has 2 saturated heterocycles. The number of sulfonamides is 1.